The van der Waals surface area contributed by atoms with Gasteiger partial charge < -0.3 is 10.6 Å². The molecule has 2 N–H and O–H groups in total. The lowest BCUT2D eigenvalue weighted by Crippen LogP contribution is -2.25. The van der Waals surface area contributed by atoms with E-state index in [-0.39, 0.29) is 11.6 Å². The van der Waals surface area contributed by atoms with Gasteiger partial charge in [-0.05, 0) is 37.0 Å². The quantitative estimate of drug-likeness (QED) is 0.416. The Morgan fingerprint density at radius 2 is 2.14 bits per heavy atom. The summed E-state index contributed by atoms with van der Waals surface area (Å²) < 4.78 is 0. The van der Waals surface area contributed by atoms with Crippen molar-refractivity contribution in [2.45, 2.75) is 19.8 Å². The monoisotopic (exact) mass is 311 g/mol. The molecule has 1 amide bonds. The average Bonchev–Trinajstić information content (AvgIpc) is 2.48. The van der Waals surface area contributed by atoms with Crippen LogP contribution < -0.4 is 10.6 Å². The number of nitro benzene ring substituents is 1. The lowest BCUT2D eigenvalue weighted by Gasteiger charge is -2.09. The third-order valence-electron chi connectivity index (χ3n) is 2.83. The molecule has 0 bridgehead atoms. The fourth-order valence-corrected chi connectivity index (χ4v) is 2.19. The van der Waals surface area contributed by atoms with E-state index in [1.54, 1.807) is 11.8 Å². The summed E-state index contributed by atoms with van der Waals surface area (Å²) >= 11 is 1.73. The van der Waals surface area contributed by atoms with Crippen molar-refractivity contribution < 1.29 is 9.72 Å². The molecule has 1 aromatic carbocycles. The molecular formula is C14H21N3O3S. The molecule has 0 aliphatic rings. The summed E-state index contributed by atoms with van der Waals surface area (Å²) in [4.78, 5) is 22.5. The van der Waals surface area contributed by atoms with Gasteiger partial charge in [-0.1, -0.05) is 6.92 Å². The van der Waals surface area contributed by atoms with Crippen LogP contribution in [0.1, 0.15) is 30.1 Å². The van der Waals surface area contributed by atoms with Crippen LogP contribution >= 0.6 is 11.8 Å². The van der Waals surface area contributed by atoms with Gasteiger partial charge in [-0.25, -0.2) is 0 Å². The largest absolute Gasteiger partial charge is 0.379 e. The van der Waals surface area contributed by atoms with Gasteiger partial charge in [-0.2, -0.15) is 11.8 Å². The van der Waals surface area contributed by atoms with Crippen molar-refractivity contribution in [1.82, 2.24) is 5.32 Å². The smallest absolute Gasteiger partial charge is 0.292 e. The molecule has 7 heteroatoms. The number of carbonyl (C=O) groups is 1. The Kier molecular flexibility index (Phi) is 7.60. The van der Waals surface area contributed by atoms with Gasteiger partial charge in [0.05, 0.1) is 4.92 Å². The number of nitro groups is 1. The Balaban J connectivity index is 2.78. The number of nitrogens with one attached hydrogen (secondary N) is 2. The topological polar surface area (TPSA) is 84.3 Å². The first-order valence-electron chi connectivity index (χ1n) is 6.89. The van der Waals surface area contributed by atoms with E-state index >= 15 is 0 Å². The van der Waals surface area contributed by atoms with E-state index in [1.165, 1.54) is 18.2 Å². The highest BCUT2D eigenvalue weighted by molar-refractivity contribution is 7.98. The third kappa shape index (κ3) is 5.63. The minimum absolute atomic E-state index is 0.0117. The van der Waals surface area contributed by atoms with Crippen LogP contribution in [0.5, 0.6) is 0 Å². The van der Waals surface area contributed by atoms with Crippen molar-refractivity contribution in [3.63, 3.8) is 0 Å². The van der Waals surface area contributed by atoms with Gasteiger partial charge in [0, 0.05) is 24.7 Å². The van der Waals surface area contributed by atoms with Gasteiger partial charge in [0.2, 0.25) is 0 Å². The number of amides is 1. The predicted molar refractivity (Wildman–Crippen MR) is 87.2 cm³/mol. The summed E-state index contributed by atoms with van der Waals surface area (Å²) in [5, 5.41) is 16.8. The van der Waals surface area contributed by atoms with Crippen molar-refractivity contribution in [1.29, 1.82) is 0 Å². The summed E-state index contributed by atoms with van der Waals surface area (Å²) in [7, 11) is 0. The zero-order chi connectivity index (χ0) is 15.7. The molecule has 1 aromatic rings. The predicted octanol–water partition coefficient (Wildman–Crippen LogP) is 2.90. The van der Waals surface area contributed by atoms with Gasteiger partial charge in [0.25, 0.3) is 11.6 Å². The average molecular weight is 311 g/mol. The Morgan fingerprint density at radius 3 is 2.76 bits per heavy atom. The molecule has 1 rings (SSSR count). The summed E-state index contributed by atoms with van der Waals surface area (Å²) in [5.41, 5.74) is 0.810. The second-order valence-electron chi connectivity index (χ2n) is 4.52. The van der Waals surface area contributed by atoms with E-state index < -0.39 is 4.92 Å². The van der Waals surface area contributed by atoms with Gasteiger partial charge in [0.1, 0.15) is 5.69 Å². The molecular weight excluding hydrogens is 290 g/mol. The van der Waals surface area contributed by atoms with Crippen LogP contribution in [-0.4, -0.2) is 35.9 Å². The van der Waals surface area contributed by atoms with E-state index in [0.29, 0.717) is 24.3 Å². The fraction of sp³-hybridized carbons (Fsp3) is 0.500. The van der Waals surface area contributed by atoms with E-state index in [1.807, 2.05) is 13.2 Å². The van der Waals surface area contributed by atoms with Crippen LogP contribution in [0.3, 0.4) is 0 Å². The molecule has 0 spiro atoms. The number of benzene rings is 1. The highest BCUT2D eigenvalue weighted by Crippen LogP contribution is 2.25. The summed E-state index contributed by atoms with van der Waals surface area (Å²) in [5.74, 6) is 0.787. The molecule has 6 nitrogen and oxygen atoms in total. The maximum Gasteiger partial charge on any atom is 0.292 e. The van der Waals surface area contributed by atoms with Crippen molar-refractivity contribution >= 4 is 29.0 Å². The molecule has 21 heavy (non-hydrogen) atoms. The maximum atomic E-state index is 12.0. The Bertz CT molecular complexity index is 494. The molecule has 0 aliphatic heterocycles. The number of anilines is 1. The fourth-order valence-electron chi connectivity index (χ4n) is 1.76. The zero-order valence-corrected chi connectivity index (χ0v) is 13.2. The Labute approximate surface area is 128 Å². The lowest BCUT2D eigenvalue weighted by molar-refractivity contribution is -0.384. The molecule has 0 heterocycles. The van der Waals surface area contributed by atoms with Crippen molar-refractivity contribution in [3.8, 4) is 0 Å². The second-order valence-corrected chi connectivity index (χ2v) is 5.50. The third-order valence-corrected chi connectivity index (χ3v) is 3.53. The van der Waals surface area contributed by atoms with Crippen LogP contribution in [-0.2, 0) is 0 Å². The number of thioether (sulfide) groups is 1. The van der Waals surface area contributed by atoms with Gasteiger partial charge in [-0.3, -0.25) is 14.9 Å². The van der Waals surface area contributed by atoms with E-state index in [4.69, 9.17) is 0 Å². The van der Waals surface area contributed by atoms with Gasteiger partial charge in [-0.15, -0.1) is 0 Å². The van der Waals surface area contributed by atoms with Crippen LogP contribution in [0.4, 0.5) is 11.4 Å². The molecule has 116 valence electrons. The number of carbonyl (C=O) groups excluding carboxylic acids is 1. The normalized spacial score (nSPS) is 10.2. The number of hydrogen-bond acceptors (Lipinski definition) is 5. The molecule has 0 saturated carbocycles. The highest BCUT2D eigenvalue weighted by Gasteiger charge is 2.16. The first-order valence-corrected chi connectivity index (χ1v) is 8.29. The number of nitrogens with zero attached hydrogens (tertiary/aromatic N) is 1. The SMILES string of the molecule is CCCNc1cc(C(=O)NCCCSC)ccc1[N+](=O)[O-]. The molecule has 0 radical (unpaired) electrons. The van der Waals surface area contributed by atoms with Crippen LogP contribution in [0.25, 0.3) is 0 Å². The van der Waals surface area contributed by atoms with Gasteiger partial charge >= 0.3 is 0 Å². The van der Waals surface area contributed by atoms with Crippen molar-refractivity contribution in [3.05, 3.63) is 33.9 Å². The number of rotatable bonds is 9. The van der Waals surface area contributed by atoms with Crippen molar-refractivity contribution in [2.24, 2.45) is 0 Å². The van der Waals surface area contributed by atoms with E-state index in [0.717, 1.165) is 18.6 Å². The Morgan fingerprint density at radius 1 is 1.38 bits per heavy atom. The molecule has 0 unspecified atom stereocenters. The first-order chi connectivity index (χ1) is 10.1. The van der Waals surface area contributed by atoms with Crippen LogP contribution in [0.15, 0.2) is 18.2 Å². The molecule has 0 atom stereocenters. The standard InChI is InChI=1S/C14H21N3O3S/c1-3-7-15-12-10-11(5-6-13(12)17(19)20)14(18)16-8-4-9-21-2/h5-6,10,15H,3-4,7-9H2,1-2H3,(H,16,18). The van der Waals surface area contributed by atoms with Crippen LogP contribution in [0, 0.1) is 10.1 Å². The second kappa shape index (κ2) is 9.23. The molecule has 0 saturated heterocycles. The summed E-state index contributed by atoms with van der Waals surface area (Å²) in [6, 6.07) is 4.39. The van der Waals surface area contributed by atoms with E-state index in [9.17, 15) is 14.9 Å². The zero-order valence-electron chi connectivity index (χ0n) is 12.3. The summed E-state index contributed by atoms with van der Waals surface area (Å²) in [6.45, 7) is 3.20. The van der Waals surface area contributed by atoms with Crippen LogP contribution in [0.2, 0.25) is 0 Å². The molecule has 0 aromatic heterocycles. The molecule has 0 aliphatic carbocycles. The van der Waals surface area contributed by atoms with E-state index in [2.05, 4.69) is 10.6 Å². The van der Waals surface area contributed by atoms with Crippen molar-refractivity contribution in [2.75, 3.05) is 30.4 Å². The minimum Gasteiger partial charge on any atom is -0.379 e. The first kappa shape index (κ1) is 17.3. The molecule has 0 fully saturated rings. The van der Waals surface area contributed by atoms with Gasteiger partial charge in [0.15, 0.2) is 0 Å². The Hall–Kier alpha value is -1.76. The lowest BCUT2D eigenvalue weighted by atomic mass is 10.1. The number of hydrogen-bond donors (Lipinski definition) is 2. The summed E-state index contributed by atoms with van der Waals surface area (Å²) in [6.07, 6.45) is 3.77. The highest BCUT2D eigenvalue weighted by atomic mass is 32.2. The minimum atomic E-state index is -0.446. The maximum absolute atomic E-state index is 12.0.